The van der Waals surface area contributed by atoms with E-state index in [1.54, 1.807) is 0 Å². The Balaban J connectivity index is 0. The van der Waals surface area contributed by atoms with Crippen LogP contribution in [0.4, 0.5) is 0 Å². The number of hydrogen-bond acceptors (Lipinski definition) is 7. The van der Waals surface area contributed by atoms with Crippen molar-refractivity contribution >= 4 is 73.1 Å². The van der Waals surface area contributed by atoms with Crippen LogP contribution in [0.3, 0.4) is 0 Å². The minimum Gasteiger partial charge on any atom is -0.462 e. The molecule has 25 heavy (non-hydrogen) atoms. The third-order valence-corrected chi connectivity index (χ3v) is 4.66. The summed E-state index contributed by atoms with van der Waals surface area (Å²) in [6, 6.07) is 0. The van der Waals surface area contributed by atoms with Crippen molar-refractivity contribution in [3.05, 3.63) is 0 Å². The Morgan fingerprint density at radius 3 is 1.68 bits per heavy atom. The first-order chi connectivity index (χ1) is 11.0. The van der Waals surface area contributed by atoms with E-state index in [4.69, 9.17) is 14.9 Å². The number of halogens is 3. The Hall–Kier alpha value is 1.01. The van der Waals surface area contributed by atoms with Crippen molar-refractivity contribution in [1.29, 1.82) is 0 Å². The molecule has 0 saturated carbocycles. The number of hydrogen-bond donors (Lipinski definition) is 3. The maximum atomic E-state index is 11.3. The maximum Gasteiger partial charge on any atom is 0.341 e. The van der Waals surface area contributed by atoms with E-state index >= 15 is 0 Å². The van der Waals surface area contributed by atoms with Gasteiger partial charge in [-0.3, -0.25) is 4.79 Å². The largest absolute Gasteiger partial charge is 0.462 e. The monoisotopic (exact) mass is 700 g/mol. The van der Waals surface area contributed by atoms with E-state index in [9.17, 15) is 14.7 Å². The van der Waals surface area contributed by atoms with Crippen LogP contribution in [0.25, 0.3) is 0 Å². The average molecular weight is 700 g/mol. The predicted octanol–water partition coefficient (Wildman–Crippen LogP) is 2.39. The molecule has 2 saturated heterocycles. The second kappa shape index (κ2) is 11.8. The lowest BCUT2D eigenvalue weighted by Gasteiger charge is -2.19. The molecule has 2 rings (SSSR count). The quantitative estimate of drug-likeness (QED) is 0.300. The van der Waals surface area contributed by atoms with E-state index in [-0.39, 0.29) is 41.5 Å². The van der Waals surface area contributed by atoms with E-state index in [1.165, 1.54) is 0 Å². The van der Waals surface area contributed by atoms with Crippen molar-refractivity contribution in [2.24, 2.45) is 11.3 Å². The minimum absolute atomic E-state index is 0. The van der Waals surface area contributed by atoms with Gasteiger partial charge >= 0.3 is 11.9 Å². The number of ether oxygens (including phenoxy) is 2. The van der Waals surface area contributed by atoms with Crippen molar-refractivity contribution in [2.75, 3.05) is 6.61 Å². The SMILES string of the molecule is CC[C@H]1OC(=O)C(C)(C)[C@@H]1C.C[C@]1(O)C(=O)O[C@H](CO)[C@H]1O.I.II. The number of rotatable bonds is 2. The molecule has 2 aliphatic rings. The van der Waals surface area contributed by atoms with Gasteiger partial charge in [0.2, 0.25) is 0 Å². The highest BCUT2D eigenvalue weighted by molar-refractivity contribution is 15.0. The summed E-state index contributed by atoms with van der Waals surface area (Å²) in [5, 5.41) is 26.9. The van der Waals surface area contributed by atoms with Crippen LogP contribution in [0.5, 0.6) is 0 Å². The molecule has 0 aromatic heterocycles. The summed E-state index contributed by atoms with van der Waals surface area (Å²) in [5.74, 6) is -0.596. The van der Waals surface area contributed by atoms with Gasteiger partial charge in [-0.1, -0.05) is 13.8 Å². The second-order valence-electron chi connectivity index (χ2n) is 6.58. The molecular formula is C15H27I3O7. The summed E-state index contributed by atoms with van der Waals surface area (Å²) >= 11 is 4.24. The molecule has 0 radical (unpaired) electrons. The first-order valence-corrected chi connectivity index (χ1v) is 13.9. The van der Waals surface area contributed by atoms with Crippen LogP contribution in [0.1, 0.15) is 41.0 Å². The fraction of sp³-hybridized carbons (Fsp3) is 0.867. The summed E-state index contributed by atoms with van der Waals surface area (Å²) in [4.78, 5) is 22.0. The zero-order valence-electron chi connectivity index (χ0n) is 14.9. The molecule has 5 atom stereocenters. The van der Waals surface area contributed by atoms with Crippen LogP contribution < -0.4 is 0 Å². The highest BCUT2D eigenvalue weighted by atomic mass is 128. The summed E-state index contributed by atoms with van der Waals surface area (Å²) < 4.78 is 9.65. The summed E-state index contributed by atoms with van der Waals surface area (Å²) in [6.07, 6.45) is -1.29. The maximum absolute atomic E-state index is 11.3. The minimum atomic E-state index is -1.88. The highest BCUT2D eigenvalue weighted by Crippen LogP contribution is 2.39. The molecule has 0 spiro atoms. The van der Waals surface area contributed by atoms with Crippen LogP contribution in [0, 0.1) is 11.3 Å². The molecule has 3 N–H and O–H groups in total. The van der Waals surface area contributed by atoms with Gasteiger partial charge in [-0.15, -0.1) is 24.0 Å². The summed E-state index contributed by atoms with van der Waals surface area (Å²) in [5.41, 5.74) is -2.16. The molecule has 2 heterocycles. The third kappa shape index (κ3) is 6.54. The second-order valence-corrected chi connectivity index (χ2v) is 6.58. The zero-order chi connectivity index (χ0) is 19.3. The highest BCUT2D eigenvalue weighted by Gasteiger charge is 2.52. The lowest BCUT2D eigenvalue weighted by Crippen LogP contribution is -2.43. The van der Waals surface area contributed by atoms with E-state index in [0.29, 0.717) is 5.92 Å². The van der Waals surface area contributed by atoms with Gasteiger partial charge in [0.15, 0.2) is 11.7 Å². The van der Waals surface area contributed by atoms with Gasteiger partial charge in [0.05, 0.1) is 12.0 Å². The van der Waals surface area contributed by atoms with Crippen molar-refractivity contribution in [1.82, 2.24) is 0 Å². The number of esters is 2. The lowest BCUT2D eigenvalue weighted by molar-refractivity contribution is -0.155. The van der Waals surface area contributed by atoms with Crippen LogP contribution in [0.2, 0.25) is 0 Å². The van der Waals surface area contributed by atoms with Gasteiger partial charge in [0.25, 0.3) is 0 Å². The standard InChI is InChI=1S/C9H16O2.C6H10O5.I2.HI/c1-5-7-6(2)9(3,4)8(10)11-7;1-6(10)4(8)3(2-7)11-5(6)9;1-2;/h6-7H,5H2,1-4H3;3-4,7-8,10H,2H2,1H3;;1H/t6-,7-;3-,4-,6-;;/m11../s1. The molecule has 2 aliphatic heterocycles. The third-order valence-electron chi connectivity index (χ3n) is 4.66. The number of carbonyl (C=O) groups excluding carboxylic acids is 2. The number of carbonyl (C=O) groups is 2. The number of cyclic esters (lactones) is 2. The van der Waals surface area contributed by atoms with Crippen molar-refractivity contribution < 1.29 is 34.4 Å². The van der Waals surface area contributed by atoms with Gasteiger partial charge in [-0.05, 0) is 27.2 Å². The van der Waals surface area contributed by atoms with Crippen molar-refractivity contribution in [3.8, 4) is 0 Å². The topological polar surface area (TPSA) is 113 Å². The van der Waals surface area contributed by atoms with Gasteiger partial charge < -0.3 is 24.8 Å². The molecule has 10 heteroatoms. The molecule has 0 aromatic rings. The molecule has 0 amide bonds. The van der Waals surface area contributed by atoms with Crippen LogP contribution >= 0.6 is 61.2 Å². The Morgan fingerprint density at radius 1 is 1.08 bits per heavy atom. The Morgan fingerprint density at radius 2 is 1.52 bits per heavy atom. The Labute approximate surface area is 188 Å². The molecule has 7 nitrogen and oxygen atoms in total. The van der Waals surface area contributed by atoms with E-state index in [1.807, 2.05) is 13.8 Å². The molecule has 2 fully saturated rings. The van der Waals surface area contributed by atoms with Crippen LogP contribution in [-0.4, -0.2) is 57.8 Å². The predicted molar refractivity (Wildman–Crippen MR) is 120 cm³/mol. The van der Waals surface area contributed by atoms with Crippen LogP contribution in [0.15, 0.2) is 0 Å². The van der Waals surface area contributed by atoms with Gasteiger partial charge in [0, 0.05) is 43.1 Å². The van der Waals surface area contributed by atoms with Gasteiger partial charge in [-0.25, -0.2) is 4.79 Å². The Kier molecular flexibility index (Phi) is 13.3. The van der Waals surface area contributed by atoms with Gasteiger partial charge in [-0.2, -0.15) is 0 Å². The van der Waals surface area contributed by atoms with Crippen molar-refractivity contribution in [3.63, 3.8) is 0 Å². The molecule has 0 aliphatic carbocycles. The Bertz CT molecular complexity index is 403. The fourth-order valence-electron chi connectivity index (χ4n) is 2.42. The summed E-state index contributed by atoms with van der Waals surface area (Å²) in [7, 11) is 0. The molecular weight excluding hydrogens is 673 g/mol. The summed E-state index contributed by atoms with van der Waals surface area (Å²) in [6.45, 7) is 8.71. The lowest BCUT2D eigenvalue weighted by atomic mass is 9.79. The van der Waals surface area contributed by atoms with Crippen LogP contribution in [-0.2, 0) is 19.1 Å². The molecule has 0 unspecified atom stereocenters. The average Bonchev–Trinajstić information content (AvgIpc) is 2.88. The number of aliphatic hydroxyl groups is 3. The van der Waals surface area contributed by atoms with E-state index in [0.717, 1.165) is 13.3 Å². The first-order valence-electron chi connectivity index (χ1n) is 7.57. The smallest absolute Gasteiger partial charge is 0.341 e. The van der Waals surface area contributed by atoms with Gasteiger partial charge in [0.1, 0.15) is 12.2 Å². The van der Waals surface area contributed by atoms with E-state index < -0.39 is 30.4 Å². The molecule has 150 valence electrons. The molecule has 0 bridgehead atoms. The van der Waals surface area contributed by atoms with E-state index in [2.05, 4.69) is 55.8 Å². The zero-order valence-corrected chi connectivity index (χ0v) is 21.5. The fourth-order valence-corrected chi connectivity index (χ4v) is 2.42. The normalized spacial score (nSPS) is 35.3. The van der Waals surface area contributed by atoms with Crippen molar-refractivity contribution in [2.45, 2.75) is 65.0 Å². The first kappa shape index (κ1) is 28.2. The number of aliphatic hydroxyl groups excluding tert-OH is 2. The molecule has 0 aromatic carbocycles.